The number of nitrogens with zero attached hydrogens (tertiary/aromatic N) is 1. The number of esters is 1. The van der Waals surface area contributed by atoms with Crippen molar-refractivity contribution in [2.75, 3.05) is 13.1 Å². The lowest BCUT2D eigenvalue weighted by atomic mass is 9.51. The molecule has 2 saturated heterocycles. The molecule has 0 spiro atoms. The van der Waals surface area contributed by atoms with E-state index >= 15 is 0 Å². The summed E-state index contributed by atoms with van der Waals surface area (Å²) in [6.07, 6.45) is 9.19. The predicted octanol–water partition coefficient (Wildman–Crippen LogP) is 4.46. The van der Waals surface area contributed by atoms with Crippen LogP contribution in [0.2, 0.25) is 0 Å². The van der Waals surface area contributed by atoms with E-state index in [2.05, 4.69) is 25.7 Å². The molecule has 6 aliphatic rings. The van der Waals surface area contributed by atoms with Crippen LogP contribution in [0.3, 0.4) is 0 Å². The average Bonchev–Trinajstić information content (AvgIpc) is 3.14. The maximum absolute atomic E-state index is 13.5. The van der Waals surface area contributed by atoms with Gasteiger partial charge in [-0.1, -0.05) is 13.8 Å². The summed E-state index contributed by atoms with van der Waals surface area (Å²) in [6.45, 7) is 10.7. The SMILES string of the molecule is CC(=O)O[C@@H]1CC[C@]2(C)[C@H](C1)C(=O)C[C@@H]1[C@@H]3CC[C@@H]4[C@H](CN5C[C@H](C)CC[C@H]5[C@@]4(C)O)[C@@H]3C[C@@H]12. The third-order valence-electron chi connectivity index (χ3n) is 12.1. The highest BCUT2D eigenvalue weighted by Crippen LogP contribution is 2.66. The lowest BCUT2D eigenvalue weighted by molar-refractivity contribution is -0.175. The molecule has 0 aromatic heterocycles. The zero-order valence-electron chi connectivity index (χ0n) is 21.7. The van der Waals surface area contributed by atoms with Gasteiger partial charge in [-0.25, -0.2) is 0 Å². The second-order valence-electron chi connectivity index (χ2n) is 13.8. The minimum Gasteiger partial charge on any atom is -0.463 e. The van der Waals surface area contributed by atoms with Gasteiger partial charge < -0.3 is 9.84 Å². The minimum absolute atomic E-state index is 0.0445. The van der Waals surface area contributed by atoms with Crippen LogP contribution in [0.4, 0.5) is 0 Å². The standard InChI is InChI=1S/C29H45NO4/c1-16-5-8-27-29(4,33)23-7-6-19-20(22(23)15-30(27)14-16)12-24-21(19)13-26(32)25-11-18(34-17(2)31)9-10-28(24,25)3/h16,18-25,27,33H,5-15H2,1-4H3/t16-,18-,19-,20-,21-,22-,23-,24+,25-,27+,28+,29+/m1/s1. The molecule has 1 N–H and O–H groups in total. The number of ketones is 1. The highest BCUT2D eigenvalue weighted by atomic mass is 16.5. The van der Waals surface area contributed by atoms with E-state index in [9.17, 15) is 14.7 Å². The van der Waals surface area contributed by atoms with Crippen LogP contribution in [0.1, 0.15) is 85.5 Å². The van der Waals surface area contributed by atoms with Gasteiger partial charge >= 0.3 is 5.97 Å². The Hall–Kier alpha value is -0.940. The molecule has 190 valence electrons. The number of hydrogen-bond donors (Lipinski definition) is 1. The second kappa shape index (κ2) is 8.03. The number of rotatable bonds is 1. The van der Waals surface area contributed by atoms with Gasteiger partial charge in [-0.3, -0.25) is 14.5 Å². The third kappa shape index (κ3) is 3.38. The van der Waals surface area contributed by atoms with Gasteiger partial charge in [-0.05, 0) is 105 Å². The van der Waals surface area contributed by atoms with E-state index in [4.69, 9.17) is 4.74 Å². The summed E-state index contributed by atoms with van der Waals surface area (Å²) in [6, 6.07) is 0.324. The molecule has 4 saturated carbocycles. The Labute approximate surface area is 205 Å². The van der Waals surface area contributed by atoms with Crippen molar-refractivity contribution in [3.8, 4) is 0 Å². The molecule has 0 aromatic carbocycles. The molecule has 6 rings (SSSR count). The number of ether oxygens (including phenoxy) is 1. The highest BCUT2D eigenvalue weighted by molar-refractivity contribution is 5.83. The molecule has 34 heavy (non-hydrogen) atoms. The summed E-state index contributed by atoms with van der Waals surface area (Å²) < 4.78 is 5.57. The van der Waals surface area contributed by atoms with Gasteiger partial charge in [0.1, 0.15) is 11.9 Å². The Bertz CT molecular complexity index is 855. The maximum Gasteiger partial charge on any atom is 0.302 e. The Balaban J connectivity index is 1.26. The van der Waals surface area contributed by atoms with E-state index in [1.165, 1.54) is 26.2 Å². The van der Waals surface area contributed by atoms with Crippen LogP contribution >= 0.6 is 0 Å². The zero-order valence-corrected chi connectivity index (χ0v) is 21.7. The molecular formula is C29H45NO4. The van der Waals surface area contributed by atoms with Gasteiger partial charge in [0.2, 0.25) is 0 Å². The summed E-state index contributed by atoms with van der Waals surface area (Å²) in [5.74, 6) is 4.37. The summed E-state index contributed by atoms with van der Waals surface area (Å²) >= 11 is 0. The first-order valence-corrected chi connectivity index (χ1v) is 14.3. The van der Waals surface area contributed by atoms with E-state index in [0.717, 1.165) is 57.5 Å². The molecule has 0 unspecified atom stereocenters. The molecule has 5 heteroatoms. The third-order valence-corrected chi connectivity index (χ3v) is 12.1. The summed E-state index contributed by atoms with van der Waals surface area (Å²) in [4.78, 5) is 27.7. The quantitative estimate of drug-likeness (QED) is 0.572. The van der Waals surface area contributed by atoms with Gasteiger partial charge in [-0.15, -0.1) is 0 Å². The number of hydrogen-bond acceptors (Lipinski definition) is 5. The van der Waals surface area contributed by atoms with Crippen LogP contribution in [0.15, 0.2) is 0 Å². The first-order chi connectivity index (χ1) is 16.1. The van der Waals surface area contributed by atoms with Crippen LogP contribution in [-0.2, 0) is 14.3 Å². The Kier molecular flexibility index (Phi) is 5.54. The molecule has 0 bridgehead atoms. The predicted molar refractivity (Wildman–Crippen MR) is 130 cm³/mol. The fourth-order valence-corrected chi connectivity index (χ4v) is 10.7. The van der Waals surface area contributed by atoms with E-state index in [0.29, 0.717) is 47.3 Å². The van der Waals surface area contributed by atoms with Crippen LogP contribution in [-0.4, -0.2) is 52.6 Å². The van der Waals surface area contributed by atoms with Crippen molar-refractivity contribution in [3.63, 3.8) is 0 Å². The molecule has 2 heterocycles. The molecule has 4 aliphatic carbocycles. The first-order valence-electron chi connectivity index (χ1n) is 14.3. The number of Topliss-reactive ketones (excluding diaryl/α,β-unsaturated/α-hetero) is 1. The molecule has 12 atom stereocenters. The lowest BCUT2D eigenvalue weighted by Gasteiger charge is -2.59. The van der Waals surface area contributed by atoms with E-state index in [-0.39, 0.29) is 23.4 Å². The van der Waals surface area contributed by atoms with Gasteiger partial charge in [0.15, 0.2) is 0 Å². The average molecular weight is 472 g/mol. The number of carbonyl (C=O) groups is 2. The topological polar surface area (TPSA) is 66.8 Å². The van der Waals surface area contributed by atoms with Crippen molar-refractivity contribution in [1.29, 1.82) is 0 Å². The van der Waals surface area contributed by atoms with Crippen molar-refractivity contribution >= 4 is 11.8 Å². The molecule has 6 fully saturated rings. The summed E-state index contributed by atoms with van der Waals surface area (Å²) in [5, 5.41) is 11.9. The van der Waals surface area contributed by atoms with Gasteiger partial charge in [0.25, 0.3) is 0 Å². The van der Waals surface area contributed by atoms with Crippen LogP contribution in [0, 0.1) is 52.8 Å². The molecule has 0 aromatic rings. The van der Waals surface area contributed by atoms with Gasteiger partial charge in [0, 0.05) is 38.4 Å². The Morgan fingerprint density at radius 3 is 2.53 bits per heavy atom. The fourth-order valence-electron chi connectivity index (χ4n) is 10.7. The van der Waals surface area contributed by atoms with E-state index in [1.54, 1.807) is 0 Å². The first kappa shape index (κ1) is 23.5. The Morgan fingerprint density at radius 1 is 0.971 bits per heavy atom. The van der Waals surface area contributed by atoms with Crippen molar-refractivity contribution in [2.45, 2.75) is 103 Å². The van der Waals surface area contributed by atoms with E-state index in [1.807, 2.05) is 0 Å². The van der Waals surface area contributed by atoms with E-state index < -0.39 is 5.60 Å². The molecule has 0 radical (unpaired) electrons. The zero-order chi connectivity index (χ0) is 24.0. The number of aliphatic hydroxyl groups is 1. The Morgan fingerprint density at radius 2 is 1.76 bits per heavy atom. The summed E-state index contributed by atoms with van der Waals surface area (Å²) in [7, 11) is 0. The normalized spacial score (nSPS) is 54.8. The van der Waals surface area contributed by atoms with Gasteiger partial charge in [-0.2, -0.15) is 0 Å². The number of fused-ring (bicyclic) bond motifs is 8. The van der Waals surface area contributed by atoms with Crippen LogP contribution < -0.4 is 0 Å². The highest BCUT2D eigenvalue weighted by Gasteiger charge is 2.64. The molecule has 0 amide bonds. The molecular weight excluding hydrogens is 426 g/mol. The number of piperidine rings is 2. The van der Waals surface area contributed by atoms with Crippen molar-refractivity contribution in [2.24, 2.45) is 52.8 Å². The minimum atomic E-state index is -0.591. The van der Waals surface area contributed by atoms with Crippen molar-refractivity contribution in [3.05, 3.63) is 0 Å². The fraction of sp³-hybridized carbons (Fsp3) is 0.931. The monoisotopic (exact) mass is 471 g/mol. The lowest BCUT2D eigenvalue weighted by Crippen LogP contribution is -2.67. The number of carbonyl (C=O) groups excluding carboxylic acids is 2. The maximum atomic E-state index is 13.5. The second-order valence-corrected chi connectivity index (χ2v) is 13.8. The largest absolute Gasteiger partial charge is 0.463 e. The van der Waals surface area contributed by atoms with Crippen LogP contribution in [0.5, 0.6) is 0 Å². The van der Waals surface area contributed by atoms with Crippen molar-refractivity contribution < 1.29 is 19.4 Å². The molecule has 5 nitrogen and oxygen atoms in total. The molecule has 2 aliphatic heterocycles. The van der Waals surface area contributed by atoms with Crippen LogP contribution in [0.25, 0.3) is 0 Å². The van der Waals surface area contributed by atoms with Gasteiger partial charge in [0.05, 0.1) is 5.60 Å². The smallest absolute Gasteiger partial charge is 0.302 e. The summed E-state index contributed by atoms with van der Waals surface area (Å²) in [5.41, 5.74) is -0.547. The van der Waals surface area contributed by atoms with Crippen molar-refractivity contribution in [1.82, 2.24) is 4.90 Å².